The molecule has 0 spiro atoms. The Morgan fingerprint density at radius 3 is 2.70 bits per heavy atom. The lowest BCUT2D eigenvalue weighted by atomic mass is 9.97. The first-order chi connectivity index (χ1) is 9.76. The van der Waals surface area contributed by atoms with Gasteiger partial charge >= 0.3 is 0 Å². The molecule has 4 heteroatoms. The number of hydrogen-bond donors (Lipinski definition) is 1. The first-order valence-corrected chi connectivity index (χ1v) is 7.53. The van der Waals surface area contributed by atoms with E-state index in [1.54, 1.807) is 7.11 Å². The van der Waals surface area contributed by atoms with Crippen LogP contribution in [0, 0.1) is 0 Å². The summed E-state index contributed by atoms with van der Waals surface area (Å²) in [6.07, 6.45) is 4.08. The minimum atomic E-state index is 0.295. The second-order valence-corrected chi connectivity index (χ2v) is 5.87. The number of likely N-dealkylation sites (tertiary alicyclic amines) is 1. The van der Waals surface area contributed by atoms with Gasteiger partial charge in [-0.25, -0.2) is 0 Å². The van der Waals surface area contributed by atoms with Gasteiger partial charge in [0.25, 0.3) is 0 Å². The maximum atomic E-state index is 6.08. The van der Waals surface area contributed by atoms with Crippen LogP contribution < -0.4 is 14.8 Å². The maximum absolute atomic E-state index is 6.08. The number of nitrogens with one attached hydrogen (secondary N) is 1. The Morgan fingerprint density at radius 1 is 1.20 bits per heavy atom. The molecule has 2 heterocycles. The van der Waals surface area contributed by atoms with Crippen molar-refractivity contribution in [3.8, 4) is 11.5 Å². The van der Waals surface area contributed by atoms with E-state index in [-0.39, 0.29) is 0 Å². The van der Waals surface area contributed by atoms with Crippen molar-refractivity contribution in [3.63, 3.8) is 0 Å². The van der Waals surface area contributed by atoms with Crippen LogP contribution in [0.3, 0.4) is 0 Å². The highest BCUT2D eigenvalue weighted by Gasteiger charge is 2.26. The minimum Gasteiger partial charge on any atom is -0.493 e. The summed E-state index contributed by atoms with van der Waals surface area (Å²) in [6.45, 7) is 3.10. The number of piperidine rings is 1. The predicted octanol–water partition coefficient (Wildman–Crippen LogP) is 2.20. The van der Waals surface area contributed by atoms with Gasteiger partial charge in [-0.2, -0.15) is 0 Å². The second kappa shape index (κ2) is 6.02. The zero-order chi connectivity index (χ0) is 13.9. The molecule has 2 saturated heterocycles. The highest BCUT2D eigenvalue weighted by atomic mass is 16.5. The molecule has 20 heavy (non-hydrogen) atoms. The number of hydrogen-bond acceptors (Lipinski definition) is 4. The first kappa shape index (κ1) is 13.7. The molecule has 2 fully saturated rings. The fourth-order valence-corrected chi connectivity index (χ4v) is 3.03. The summed E-state index contributed by atoms with van der Waals surface area (Å²) in [6, 6.07) is 6.80. The molecule has 0 saturated carbocycles. The van der Waals surface area contributed by atoms with E-state index in [0.29, 0.717) is 12.1 Å². The number of methoxy groups -OCH3 is 1. The molecule has 0 bridgehead atoms. The Morgan fingerprint density at radius 2 is 2.05 bits per heavy atom. The van der Waals surface area contributed by atoms with Crippen molar-refractivity contribution in [1.82, 2.24) is 10.2 Å². The van der Waals surface area contributed by atoms with Crippen LogP contribution in [-0.2, 0) is 0 Å². The number of nitrogens with zero attached hydrogens (tertiary/aromatic N) is 1. The highest BCUT2D eigenvalue weighted by molar-refractivity contribution is 5.44. The van der Waals surface area contributed by atoms with E-state index in [1.807, 2.05) is 6.07 Å². The maximum Gasteiger partial charge on any atom is 0.162 e. The van der Waals surface area contributed by atoms with Gasteiger partial charge in [0.1, 0.15) is 6.10 Å². The van der Waals surface area contributed by atoms with Crippen LogP contribution in [-0.4, -0.2) is 44.8 Å². The van der Waals surface area contributed by atoms with E-state index < -0.39 is 0 Å². The Bertz CT molecular complexity index is 452. The zero-order valence-corrected chi connectivity index (χ0v) is 12.4. The fourth-order valence-electron chi connectivity index (χ4n) is 3.03. The molecule has 110 valence electrons. The van der Waals surface area contributed by atoms with Crippen molar-refractivity contribution in [1.29, 1.82) is 0 Å². The van der Waals surface area contributed by atoms with Gasteiger partial charge in [-0.3, -0.25) is 4.90 Å². The quantitative estimate of drug-likeness (QED) is 0.914. The summed E-state index contributed by atoms with van der Waals surface area (Å²) in [4.78, 5) is 2.25. The van der Waals surface area contributed by atoms with E-state index in [0.717, 1.165) is 31.1 Å². The van der Waals surface area contributed by atoms with Crippen LogP contribution >= 0.6 is 0 Å². The van der Waals surface area contributed by atoms with Gasteiger partial charge in [0.2, 0.25) is 0 Å². The van der Waals surface area contributed by atoms with Gasteiger partial charge < -0.3 is 14.8 Å². The molecule has 1 aromatic carbocycles. The Kier molecular flexibility index (Phi) is 4.13. The van der Waals surface area contributed by atoms with Crippen LogP contribution in [0.1, 0.15) is 30.9 Å². The molecule has 3 rings (SSSR count). The highest BCUT2D eigenvalue weighted by Crippen LogP contribution is 2.34. The molecule has 0 amide bonds. The van der Waals surface area contributed by atoms with Gasteiger partial charge in [-0.1, -0.05) is 12.5 Å². The lowest BCUT2D eigenvalue weighted by molar-refractivity contribution is 0.0369. The third-order valence-corrected chi connectivity index (χ3v) is 4.22. The summed E-state index contributed by atoms with van der Waals surface area (Å²) in [5.41, 5.74) is 1.31. The van der Waals surface area contributed by atoms with Crippen molar-refractivity contribution < 1.29 is 9.47 Å². The average molecular weight is 276 g/mol. The minimum absolute atomic E-state index is 0.295. The summed E-state index contributed by atoms with van der Waals surface area (Å²) in [5.74, 6) is 1.72. The van der Waals surface area contributed by atoms with Gasteiger partial charge in [-0.05, 0) is 44.1 Å². The molecule has 1 unspecified atom stereocenters. The van der Waals surface area contributed by atoms with E-state index >= 15 is 0 Å². The van der Waals surface area contributed by atoms with Crippen molar-refractivity contribution in [2.75, 3.05) is 33.8 Å². The Hall–Kier alpha value is -1.26. The SMILES string of the molecule is COc1ccc(C2CCCCN2)cc1OC1CN(C)C1. The lowest BCUT2D eigenvalue weighted by Gasteiger charge is -2.36. The van der Waals surface area contributed by atoms with Crippen molar-refractivity contribution in [2.45, 2.75) is 31.4 Å². The summed E-state index contributed by atoms with van der Waals surface area (Å²) < 4.78 is 11.5. The molecule has 4 nitrogen and oxygen atoms in total. The van der Waals surface area contributed by atoms with Gasteiger partial charge in [0.15, 0.2) is 11.5 Å². The molecule has 0 radical (unpaired) electrons. The van der Waals surface area contributed by atoms with Crippen LogP contribution in [0.15, 0.2) is 18.2 Å². The number of likely N-dealkylation sites (N-methyl/N-ethyl adjacent to an activating group) is 1. The van der Waals surface area contributed by atoms with Crippen LogP contribution in [0.4, 0.5) is 0 Å². The standard InChI is InChI=1S/C16H24N2O2/c1-18-10-13(11-18)20-16-9-12(6-7-15(16)19-2)14-5-3-4-8-17-14/h6-7,9,13-14,17H,3-5,8,10-11H2,1-2H3. The predicted molar refractivity (Wildman–Crippen MR) is 79.5 cm³/mol. The lowest BCUT2D eigenvalue weighted by Crippen LogP contribution is -2.51. The van der Waals surface area contributed by atoms with E-state index in [4.69, 9.17) is 9.47 Å². The molecule has 2 aliphatic rings. The first-order valence-electron chi connectivity index (χ1n) is 7.53. The fraction of sp³-hybridized carbons (Fsp3) is 0.625. The molecule has 0 aliphatic carbocycles. The van der Waals surface area contributed by atoms with Crippen LogP contribution in [0.5, 0.6) is 11.5 Å². The van der Waals surface area contributed by atoms with Crippen molar-refractivity contribution >= 4 is 0 Å². The normalized spacial score (nSPS) is 24.2. The van der Waals surface area contributed by atoms with Crippen LogP contribution in [0.25, 0.3) is 0 Å². The van der Waals surface area contributed by atoms with E-state index in [2.05, 4.69) is 29.4 Å². The van der Waals surface area contributed by atoms with Crippen LogP contribution in [0.2, 0.25) is 0 Å². The Balaban J connectivity index is 1.75. The number of benzene rings is 1. The molecule has 1 aromatic rings. The smallest absolute Gasteiger partial charge is 0.162 e. The summed E-state index contributed by atoms with van der Waals surface area (Å²) in [5, 5.41) is 3.58. The average Bonchev–Trinajstić information content (AvgIpc) is 2.46. The molecular weight excluding hydrogens is 252 g/mol. The largest absolute Gasteiger partial charge is 0.493 e. The van der Waals surface area contributed by atoms with Crippen molar-refractivity contribution in [2.24, 2.45) is 0 Å². The van der Waals surface area contributed by atoms with Gasteiger partial charge in [-0.15, -0.1) is 0 Å². The third-order valence-electron chi connectivity index (χ3n) is 4.22. The zero-order valence-electron chi connectivity index (χ0n) is 12.4. The number of rotatable bonds is 4. The van der Waals surface area contributed by atoms with Gasteiger partial charge in [0, 0.05) is 19.1 Å². The monoisotopic (exact) mass is 276 g/mol. The molecule has 1 N–H and O–H groups in total. The molecule has 2 aliphatic heterocycles. The molecule has 0 aromatic heterocycles. The van der Waals surface area contributed by atoms with E-state index in [1.165, 1.54) is 24.8 Å². The Labute approximate surface area is 121 Å². The second-order valence-electron chi connectivity index (χ2n) is 5.87. The van der Waals surface area contributed by atoms with Gasteiger partial charge in [0.05, 0.1) is 7.11 Å². The molecular formula is C16H24N2O2. The molecule has 1 atom stereocenters. The third kappa shape index (κ3) is 2.91. The summed E-state index contributed by atoms with van der Waals surface area (Å²) in [7, 11) is 3.81. The van der Waals surface area contributed by atoms with E-state index in [9.17, 15) is 0 Å². The topological polar surface area (TPSA) is 33.7 Å². The number of ether oxygens (including phenoxy) is 2. The summed E-state index contributed by atoms with van der Waals surface area (Å²) >= 11 is 0. The van der Waals surface area contributed by atoms with Crippen molar-refractivity contribution in [3.05, 3.63) is 23.8 Å².